The Morgan fingerprint density at radius 1 is 0.375 bits per heavy atom. The third-order valence-corrected chi connectivity index (χ3v) is 0. The Labute approximate surface area is 60.8 Å². The van der Waals surface area contributed by atoms with Gasteiger partial charge >= 0.3 is 0 Å². The average molecular weight is 309 g/mol. The van der Waals surface area contributed by atoms with Crippen molar-refractivity contribution in [1.82, 2.24) is 6.15 Å². The van der Waals surface area contributed by atoms with Crippen molar-refractivity contribution in [2.75, 3.05) is 0 Å². The third-order valence-electron chi connectivity index (χ3n) is 0. The predicted molar refractivity (Wildman–Crippen MR) is 26.7 cm³/mol. The number of rotatable bonds is 0. The molecule has 0 amide bonds. The van der Waals surface area contributed by atoms with Crippen molar-refractivity contribution in [2.24, 2.45) is 0 Å². The van der Waals surface area contributed by atoms with Crippen molar-refractivity contribution in [3.63, 3.8) is 0 Å². The zero-order valence-electron chi connectivity index (χ0n) is 4.12. The molecular weight excluding hydrogens is 294 g/mol. The van der Waals surface area contributed by atoms with Gasteiger partial charge in [-0.25, -0.2) is 0 Å². The van der Waals surface area contributed by atoms with E-state index in [0.29, 0.717) is 0 Å². The largest absolute Gasteiger partial charge is 0.412 e. The van der Waals surface area contributed by atoms with Crippen LogP contribution in [0.1, 0.15) is 0 Å². The summed E-state index contributed by atoms with van der Waals surface area (Å²) in [6.45, 7) is 0. The minimum Gasteiger partial charge on any atom is -0.412 e. The number of hydrogen-bond donors (Lipinski definition) is 1. The van der Waals surface area contributed by atoms with Crippen molar-refractivity contribution in [3.8, 4) is 0 Å². The molecule has 0 heterocycles. The van der Waals surface area contributed by atoms with Crippen LogP contribution in [0.15, 0.2) is 0 Å². The van der Waals surface area contributed by atoms with Crippen molar-refractivity contribution in [2.45, 2.75) is 0 Å². The van der Waals surface area contributed by atoms with Crippen molar-refractivity contribution in [3.05, 3.63) is 0 Å². The fourth-order valence-corrected chi connectivity index (χ4v) is 0. The quantitative estimate of drug-likeness (QED) is 0.456. The van der Waals surface area contributed by atoms with Gasteiger partial charge in [0.1, 0.15) is 0 Å². The van der Waals surface area contributed by atoms with E-state index < -0.39 is 0 Å². The van der Waals surface area contributed by atoms with Gasteiger partial charge < -0.3 is 39.0 Å². The molecule has 0 bridgehead atoms. The van der Waals surface area contributed by atoms with Crippen LogP contribution in [0.25, 0.3) is 0 Å². The normalized spacial score (nSPS) is 0. The summed E-state index contributed by atoms with van der Waals surface area (Å²) in [7, 11) is 0. The molecule has 0 radical (unpaired) electrons. The standard InChI is InChI=1S/H3N.6H2O.W/h1H3;6*1H2;. The predicted octanol–water partition coefficient (Wildman–Crippen LogP) is -4.79. The Hall–Kier alpha value is 0.408. The van der Waals surface area contributed by atoms with E-state index in [2.05, 4.69) is 0 Å². The first-order chi connectivity index (χ1) is 0. The van der Waals surface area contributed by atoms with Crippen LogP contribution in [0.4, 0.5) is 0 Å². The molecule has 0 atom stereocenters. The zero-order valence-corrected chi connectivity index (χ0v) is 7.05. The fraction of sp³-hybridized carbons (Fsp3) is 0. The second-order valence-electron chi connectivity index (χ2n) is 0. The molecule has 0 saturated heterocycles. The molecule has 0 aromatic heterocycles. The van der Waals surface area contributed by atoms with Crippen LogP contribution >= 0.6 is 0 Å². The summed E-state index contributed by atoms with van der Waals surface area (Å²) in [6, 6.07) is 0. The first-order valence-electron chi connectivity index (χ1n) is 0. The van der Waals surface area contributed by atoms with Crippen LogP contribution < -0.4 is 6.15 Å². The van der Waals surface area contributed by atoms with Gasteiger partial charge in [-0.3, -0.25) is 0 Å². The molecule has 62 valence electrons. The van der Waals surface area contributed by atoms with Crippen molar-refractivity contribution >= 4 is 0 Å². The summed E-state index contributed by atoms with van der Waals surface area (Å²) in [5, 5.41) is 0. The zero-order chi connectivity index (χ0) is 0. The molecule has 0 saturated carbocycles. The van der Waals surface area contributed by atoms with Gasteiger partial charge in [0, 0.05) is 21.1 Å². The molecule has 0 unspecified atom stereocenters. The van der Waals surface area contributed by atoms with Gasteiger partial charge in [0.05, 0.1) is 0 Å². The average Bonchev–Trinajstić information content (AvgIpc) is 0. The monoisotopic (exact) mass is 309 g/mol. The van der Waals surface area contributed by atoms with E-state index in [4.69, 9.17) is 0 Å². The van der Waals surface area contributed by atoms with Crippen LogP contribution in [0.2, 0.25) is 0 Å². The van der Waals surface area contributed by atoms with Gasteiger partial charge in [-0.1, -0.05) is 0 Å². The van der Waals surface area contributed by atoms with Crippen LogP contribution in [0.3, 0.4) is 0 Å². The molecular formula is H15NO6W. The molecule has 0 rings (SSSR count). The fourth-order valence-electron chi connectivity index (χ4n) is 0. The van der Waals surface area contributed by atoms with Gasteiger partial charge in [0.15, 0.2) is 0 Å². The molecule has 0 aliphatic heterocycles. The van der Waals surface area contributed by atoms with Gasteiger partial charge in [0.2, 0.25) is 0 Å². The van der Waals surface area contributed by atoms with E-state index in [1.165, 1.54) is 0 Å². The maximum atomic E-state index is 0. The third kappa shape index (κ3) is 1120. The molecule has 0 aliphatic carbocycles. The molecule has 15 N–H and O–H groups in total. The maximum Gasteiger partial charge on any atom is 0 e. The van der Waals surface area contributed by atoms with Gasteiger partial charge in [-0.2, -0.15) is 0 Å². The van der Waals surface area contributed by atoms with Gasteiger partial charge in [0.25, 0.3) is 0 Å². The second-order valence-corrected chi connectivity index (χ2v) is 0. The second kappa shape index (κ2) is 1820. The van der Waals surface area contributed by atoms with E-state index in [1.54, 1.807) is 0 Å². The molecule has 0 aromatic rings. The van der Waals surface area contributed by atoms with E-state index in [1.807, 2.05) is 0 Å². The summed E-state index contributed by atoms with van der Waals surface area (Å²) in [4.78, 5) is 0. The molecule has 7 nitrogen and oxygen atoms in total. The van der Waals surface area contributed by atoms with Crippen LogP contribution in [0, 0.1) is 0 Å². The van der Waals surface area contributed by atoms with Gasteiger partial charge in [-0.15, -0.1) is 0 Å². The van der Waals surface area contributed by atoms with Crippen molar-refractivity contribution in [1.29, 1.82) is 0 Å². The SMILES string of the molecule is N.O.O.O.O.O.O.[W]. The summed E-state index contributed by atoms with van der Waals surface area (Å²) >= 11 is 0. The minimum atomic E-state index is 0. The summed E-state index contributed by atoms with van der Waals surface area (Å²) < 4.78 is 0. The Balaban J connectivity index is 0. The number of hydrogen-bond acceptors (Lipinski definition) is 1. The first kappa shape index (κ1) is 2770. The van der Waals surface area contributed by atoms with Crippen LogP contribution in [0.5, 0.6) is 0 Å². The minimum absolute atomic E-state index is 0. The molecule has 8 heavy (non-hydrogen) atoms. The molecule has 0 aliphatic rings. The molecule has 0 aromatic carbocycles. The van der Waals surface area contributed by atoms with E-state index in [9.17, 15) is 0 Å². The summed E-state index contributed by atoms with van der Waals surface area (Å²) in [6.07, 6.45) is 0. The Kier molecular flexibility index (Phi) is 631000. The van der Waals surface area contributed by atoms with E-state index in [-0.39, 0.29) is 60.1 Å². The molecule has 0 spiro atoms. The van der Waals surface area contributed by atoms with Crippen molar-refractivity contribution < 1.29 is 53.9 Å². The van der Waals surface area contributed by atoms with Gasteiger partial charge in [-0.05, 0) is 0 Å². The molecule has 0 fully saturated rings. The van der Waals surface area contributed by atoms with E-state index in [0.717, 1.165) is 0 Å². The summed E-state index contributed by atoms with van der Waals surface area (Å²) in [5.74, 6) is 0. The summed E-state index contributed by atoms with van der Waals surface area (Å²) in [5.41, 5.74) is 0. The maximum absolute atomic E-state index is 0. The topological polar surface area (TPSA) is 224 Å². The van der Waals surface area contributed by atoms with E-state index >= 15 is 0 Å². The molecule has 8 heteroatoms. The van der Waals surface area contributed by atoms with Crippen LogP contribution in [-0.4, -0.2) is 32.9 Å². The van der Waals surface area contributed by atoms with Crippen LogP contribution in [-0.2, 0) is 21.1 Å². The Morgan fingerprint density at radius 3 is 0.375 bits per heavy atom. The Bertz CT molecular complexity index is 8.49. The first-order valence-corrected chi connectivity index (χ1v) is 0. The Morgan fingerprint density at radius 2 is 0.375 bits per heavy atom. The smallest absolute Gasteiger partial charge is 0 e.